The molecule has 41 heavy (non-hydrogen) atoms. The molecule has 0 aliphatic carbocycles. The highest BCUT2D eigenvalue weighted by Gasteiger charge is 2.20. The summed E-state index contributed by atoms with van der Waals surface area (Å²) >= 11 is 18.2. The first-order valence-electron chi connectivity index (χ1n) is 13.2. The third-order valence-electron chi connectivity index (χ3n) is 5.32. The maximum Gasteiger partial charge on any atom is 0.311 e. The molecule has 2 rings (SSSR count). The van der Waals surface area contributed by atoms with Gasteiger partial charge in [-0.15, -0.1) is 0 Å². The fourth-order valence-electron chi connectivity index (χ4n) is 3.32. The molecule has 0 aliphatic heterocycles. The maximum atomic E-state index is 12.5. The molecule has 0 spiro atoms. The zero-order chi connectivity index (χ0) is 30.2. The van der Waals surface area contributed by atoms with Gasteiger partial charge in [0, 0.05) is 41.8 Å². The number of rotatable bonds is 17. The van der Waals surface area contributed by atoms with Crippen molar-refractivity contribution in [3.8, 4) is 17.2 Å². The van der Waals surface area contributed by atoms with Gasteiger partial charge in [0.05, 0.1) is 5.02 Å². The summed E-state index contributed by atoms with van der Waals surface area (Å²) < 4.78 is 26.8. The van der Waals surface area contributed by atoms with Crippen LogP contribution in [-0.4, -0.2) is 43.2 Å². The number of ether oxygens (including phenoxy) is 5. The predicted octanol–water partition coefficient (Wildman–Crippen LogP) is 7.50. The van der Waals surface area contributed by atoms with Gasteiger partial charge in [-0.05, 0) is 56.0 Å². The minimum Gasteiger partial charge on any atom is -0.462 e. The van der Waals surface area contributed by atoms with Crippen molar-refractivity contribution in [3.63, 3.8) is 0 Å². The zero-order valence-electron chi connectivity index (χ0n) is 22.9. The van der Waals surface area contributed by atoms with Crippen molar-refractivity contribution in [1.29, 1.82) is 0 Å². The summed E-state index contributed by atoms with van der Waals surface area (Å²) in [6, 6.07) is 9.27. The van der Waals surface area contributed by atoms with Crippen molar-refractivity contribution in [2.45, 2.75) is 71.3 Å². The normalized spacial score (nSPS) is 10.7. The summed E-state index contributed by atoms with van der Waals surface area (Å²) in [7, 11) is 0. The number of esters is 4. The lowest BCUT2D eigenvalue weighted by molar-refractivity contribution is -0.166. The largest absolute Gasteiger partial charge is 0.462 e. The molecule has 0 amide bonds. The second-order valence-corrected chi connectivity index (χ2v) is 10.2. The molecule has 0 bridgehead atoms. The van der Waals surface area contributed by atoms with E-state index in [2.05, 4.69) is 0 Å². The highest BCUT2D eigenvalue weighted by Crippen LogP contribution is 2.37. The van der Waals surface area contributed by atoms with Gasteiger partial charge in [-0.25, -0.2) is 0 Å². The van der Waals surface area contributed by atoms with E-state index >= 15 is 0 Å². The van der Waals surface area contributed by atoms with Crippen molar-refractivity contribution in [2.75, 3.05) is 13.2 Å². The highest BCUT2D eigenvalue weighted by atomic mass is 35.5. The smallest absolute Gasteiger partial charge is 0.311 e. The van der Waals surface area contributed by atoms with E-state index in [0.29, 0.717) is 41.5 Å². The van der Waals surface area contributed by atoms with E-state index in [1.54, 1.807) is 24.3 Å². The van der Waals surface area contributed by atoms with Crippen molar-refractivity contribution in [1.82, 2.24) is 0 Å². The summed E-state index contributed by atoms with van der Waals surface area (Å²) in [5.74, 6) is -1.37. The first-order valence-corrected chi connectivity index (χ1v) is 14.4. The lowest BCUT2D eigenvalue weighted by Crippen LogP contribution is -2.30. The van der Waals surface area contributed by atoms with Gasteiger partial charge in [0.25, 0.3) is 0 Å². The number of carbonyl (C=O) groups excluding carboxylic acids is 4. The summed E-state index contributed by atoms with van der Waals surface area (Å²) in [5, 5.41) is 1.05. The SMILES string of the molecule is CCCC(=O)OCC(COC(=O)CCC)OC(=O)CCCCC(=O)Oc1cc(Cl)ccc1Oc1ccc(Cl)cc1Cl. The van der Waals surface area contributed by atoms with Crippen molar-refractivity contribution in [2.24, 2.45) is 0 Å². The van der Waals surface area contributed by atoms with Gasteiger partial charge in [-0.2, -0.15) is 0 Å². The molecule has 12 heteroatoms. The topological polar surface area (TPSA) is 114 Å². The molecule has 0 atom stereocenters. The molecule has 9 nitrogen and oxygen atoms in total. The summed E-state index contributed by atoms with van der Waals surface area (Å²) in [6.07, 6.45) is 1.40. The van der Waals surface area contributed by atoms with Crippen LogP contribution in [0.2, 0.25) is 15.1 Å². The third-order valence-corrected chi connectivity index (χ3v) is 6.09. The molecule has 0 radical (unpaired) electrons. The maximum absolute atomic E-state index is 12.5. The molecular weight excluding hydrogens is 599 g/mol. The summed E-state index contributed by atoms with van der Waals surface area (Å²) in [4.78, 5) is 48.2. The van der Waals surface area contributed by atoms with E-state index in [-0.39, 0.29) is 55.4 Å². The Morgan fingerprint density at radius 2 is 1.20 bits per heavy atom. The van der Waals surface area contributed by atoms with Gasteiger partial charge in [0.1, 0.15) is 19.0 Å². The molecule has 2 aromatic carbocycles. The van der Waals surface area contributed by atoms with Gasteiger partial charge < -0.3 is 23.7 Å². The van der Waals surface area contributed by atoms with Gasteiger partial charge in [-0.1, -0.05) is 48.7 Å². The Balaban J connectivity index is 1.84. The third kappa shape index (κ3) is 13.5. The highest BCUT2D eigenvalue weighted by molar-refractivity contribution is 6.35. The fraction of sp³-hybridized carbons (Fsp3) is 0.448. The van der Waals surface area contributed by atoms with Crippen LogP contribution in [0, 0.1) is 0 Å². The second kappa shape index (κ2) is 18.4. The number of hydrogen-bond acceptors (Lipinski definition) is 9. The molecule has 0 aromatic heterocycles. The molecule has 0 saturated heterocycles. The van der Waals surface area contributed by atoms with Crippen LogP contribution in [0.1, 0.15) is 65.2 Å². The Bertz CT molecular complexity index is 1160. The average molecular weight is 632 g/mol. The zero-order valence-corrected chi connectivity index (χ0v) is 25.2. The lowest BCUT2D eigenvalue weighted by atomic mass is 10.2. The Morgan fingerprint density at radius 3 is 1.76 bits per heavy atom. The molecule has 0 fully saturated rings. The molecule has 0 unspecified atom stereocenters. The van der Waals surface area contributed by atoms with Crippen LogP contribution in [-0.2, 0) is 33.4 Å². The van der Waals surface area contributed by atoms with E-state index in [9.17, 15) is 19.2 Å². The quantitative estimate of drug-likeness (QED) is 0.0757. The van der Waals surface area contributed by atoms with Crippen LogP contribution in [0.4, 0.5) is 0 Å². The minimum atomic E-state index is -0.926. The Morgan fingerprint density at radius 1 is 0.659 bits per heavy atom. The van der Waals surface area contributed by atoms with Crippen LogP contribution in [0.5, 0.6) is 17.2 Å². The number of unbranched alkanes of at least 4 members (excludes halogenated alkanes) is 1. The number of carbonyl (C=O) groups is 4. The number of benzene rings is 2. The van der Waals surface area contributed by atoms with Crippen molar-refractivity contribution >= 4 is 58.7 Å². The molecule has 0 saturated carbocycles. The molecule has 0 N–H and O–H groups in total. The fourth-order valence-corrected chi connectivity index (χ4v) is 3.93. The lowest BCUT2D eigenvalue weighted by Gasteiger charge is -2.18. The Labute approximate surface area is 254 Å². The number of hydrogen-bond donors (Lipinski definition) is 0. The van der Waals surface area contributed by atoms with Crippen LogP contribution in [0.3, 0.4) is 0 Å². The molecular formula is C29H33Cl3O9. The second-order valence-electron chi connectivity index (χ2n) is 8.93. The van der Waals surface area contributed by atoms with Crippen LogP contribution >= 0.6 is 34.8 Å². The molecule has 224 valence electrons. The van der Waals surface area contributed by atoms with E-state index in [1.807, 2.05) is 13.8 Å². The standard InChI is InChI=1S/C29H33Cl3O9/c1-3-7-26(33)37-17-21(18-38-27(34)8-4-2)39-28(35)9-5-6-10-29(36)41-25-16-20(31)12-14-24(25)40-23-13-11-19(30)15-22(23)32/h11-16,21H,3-10,17-18H2,1-2H3. The Kier molecular flexibility index (Phi) is 15.4. The van der Waals surface area contributed by atoms with E-state index < -0.39 is 30.0 Å². The van der Waals surface area contributed by atoms with Crippen molar-refractivity contribution < 1.29 is 42.9 Å². The molecule has 0 heterocycles. The van der Waals surface area contributed by atoms with Gasteiger partial charge in [-0.3, -0.25) is 19.2 Å². The molecule has 0 aliphatic rings. The van der Waals surface area contributed by atoms with E-state index in [4.69, 9.17) is 58.5 Å². The number of halogens is 3. The summed E-state index contributed by atoms with van der Waals surface area (Å²) in [5.41, 5.74) is 0. The minimum absolute atomic E-state index is 0.00378. The van der Waals surface area contributed by atoms with Gasteiger partial charge >= 0.3 is 23.9 Å². The van der Waals surface area contributed by atoms with Crippen LogP contribution < -0.4 is 9.47 Å². The van der Waals surface area contributed by atoms with Gasteiger partial charge in [0.2, 0.25) is 0 Å². The van der Waals surface area contributed by atoms with Crippen LogP contribution in [0.15, 0.2) is 36.4 Å². The summed E-state index contributed by atoms with van der Waals surface area (Å²) in [6.45, 7) is 3.23. The van der Waals surface area contributed by atoms with Gasteiger partial charge in [0.15, 0.2) is 17.6 Å². The van der Waals surface area contributed by atoms with Crippen molar-refractivity contribution in [3.05, 3.63) is 51.5 Å². The first kappa shape index (κ1) is 34.2. The first-order chi connectivity index (χ1) is 19.6. The molecule has 2 aromatic rings. The van der Waals surface area contributed by atoms with Crippen LogP contribution in [0.25, 0.3) is 0 Å². The van der Waals surface area contributed by atoms with E-state index in [1.165, 1.54) is 12.1 Å². The average Bonchev–Trinajstić information content (AvgIpc) is 2.91. The predicted molar refractivity (Wildman–Crippen MR) is 154 cm³/mol. The Hall–Kier alpha value is -3.01. The van der Waals surface area contributed by atoms with E-state index in [0.717, 1.165) is 0 Å². The monoisotopic (exact) mass is 630 g/mol.